The molecule has 0 radical (unpaired) electrons. The number of likely N-dealkylation sites (N-methyl/N-ethyl adjacent to an activating group) is 1. The molecule has 0 atom stereocenters. The summed E-state index contributed by atoms with van der Waals surface area (Å²) in [6, 6.07) is 8.34. The predicted octanol–water partition coefficient (Wildman–Crippen LogP) is 1.43. The fourth-order valence-corrected chi connectivity index (χ4v) is 1.62. The SMILES string of the molecule is C#CCNCC(=O)N(C)Cc1ccc(CC)cc1. The first-order valence-corrected chi connectivity index (χ1v) is 6.13. The normalized spacial score (nSPS) is 9.83. The van der Waals surface area contributed by atoms with E-state index in [1.54, 1.807) is 11.9 Å². The molecular weight excluding hydrogens is 224 g/mol. The summed E-state index contributed by atoms with van der Waals surface area (Å²) in [7, 11) is 1.80. The van der Waals surface area contributed by atoms with Gasteiger partial charge in [-0.2, -0.15) is 0 Å². The van der Waals surface area contributed by atoms with Crippen molar-refractivity contribution in [1.82, 2.24) is 10.2 Å². The highest BCUT2D eigenvalue weighted by molar-refractivity contribution is 5.78. The van der Waals surface area contributed by atoms with Crippen LogP contribution in [0.15, 0.2) is 24.3 Å². The Morgan fingerprint density at radius 1 is 1.33 bits per heavy atom. The van der Waals surface area contributed by atoms with Crippen LogP contribution in [0.5, 0.6) is 0 Å². The van der Waals surface area contributed by atoms with Gasteiger partial charge >= 0.3 is 0 Å². The first-order valence-electron chi connectivity index (χ1n) is 6.13. The third-order valence-corrected chi connectivity index (χ3v) is 2.78. The average molecular weight is 244 g/mol. The van der Waals surface area contributed by atoms with Crippen LogP contribution in [0, 0.1) is 12.3 Å². The van der Waals surface area contributed by atoms with E-state index in [1.807, 2.05) is 0 Å². The zero-order chi connectivity index (χ0) is 13.4. The van der Waals surface area contributed by atoms with E-state index in [1.165, 1.54) is 5.56 Å². The summed E-state index contributed by atoms with van der Waals surface area (Å²) < 4.78 is 0. The highest BCUT2D eigenvalue weighted by Gasteiger charge is 2.08. The van der Waals surface area contributed by atoms with Gasteiger partial charge in [0.1, 0.15) is 0 Å². The molecule has 0 aliphatic rings. The number of nitrogens with one attached hydrogen (secondary N) is 1. The van der Waals surface area contributed by atoms with Crippen molar-refractivity contribution in [1.29, 1.82) is 0 Å². The number of carbonyl (C=O) groups is 1. The Bertz CT molecular complexity index is 417. The first kappa shape index (κ1) is 14.3. The van der Waals surface area contributed by atoms with Gasteiger partial charge in [0.15, 0.2) is 0 Å². The molecule has 18 heavy (non-hydrogen) atoms. The average Bonchev–Trinajstić information content (AvgIpc) is 2.39. The Morgan fingerprint density at radius 2 is 1.94 bits per heavy atom. The van der Waals surface area contributed by atoms with Crippen molar-refractivity contribution in [3.05, 3.63) is 35.4 Å². The van der Waals surface area contributed by atoms with Crippen molar-refractivity contribution in [2.24, 2.45) is 0 Å². The summed E-state index contributed by atoms with van der Waals surface area (Å²) in [6.07, 6.45) is 6.14. The summed E-state index contributed by atoms with van der Waals surface area (Å²) in [6.45, 7) is 3.46. The van der Waals surface area contributed by atoms with E-state index in [0.29, 0.717) is 13.1 Å². The summed E-state index contributed by atoms with van der Waals surface area (Å²) in [4.78, 5) is 13.4. The minimum Gasteiger partial charge on any atom is -0.340 e. The van der Waals surface area contributed by atoms with E-state index in [-0.39, 0.29) is 12.5 Å². The Kier molecular flexibility index (Phi) is 5.96. The summed E-state index contributed by atoms with van der Waals surface area (Å²) in [5.41, 5.74) is 2.45. The standard InChI is InChI=1S/C15H20N2O/c1-4-10-16-11-15(18)17(3)12-14-8-6-13(5-2)7-9-14/h1,6-9,16H,5,10-12H2,2-3H3. The number of terminal acetylenes is 1. The largest absolute Gasteiger partial charge is 0.340 e. The number of hydrogen-bond donors (Lipinski definition) is 1. The minimum absolute atomic E-state index is 0.0461. The van der Waals surface area contributed by atoms with E-state index in [0.717, 1.165) is 12.0 Å². The predicted molar refractivity (Wildman–Crippen MR) is 74.0 cm³/mol. The van der Waals surface area contributed by atoms with E-state index >= 15 is 0 Å². The molecule has 0 heterocycles. The number of nitrogens with zero attached hydrogens (tertiary/aromatic N) is 1. The van der Waals surface area contributed by atoms with Crippen LogP contribution in [-0.2, 0) is 17.8 Å². The number of hydrogen-bond acceptors (Lipinski definition) is 2. The van der Waals surface area contributed by atoms with Crippen molar-refractivity contribution in [2.45, 2.75) is 19.9 Å². The Labute approximate surface area is 109 Å². The van der Waals surface area contributed by atoms with Gasteiger partial charge in [-0.15, -0.1) is 6.42 Å². The third kappa shape index (κ3) is 4.60. The summed E-state index contributed by atoms with van der Waals surface area (Å²) in [5, 5.41) is 2.89. The van der Waals surface area contributed by atoms with Crippen molar-refractivity contribution in [3.63, 3.8) is 0 Å². The van der Waals surface area contributed by atoms with Crippen molar-refractivity contribution >= 4 is 5.91 Å². The second kappa shape index (κ2) is 7.52. The van der Waals surface area contributed by atoms with Crippen LogP contribution in [0.1, 0.15) is 18.1 Å². The van der Waals surface area contributed by atoms with Crippen LogP contribution in [0.4, 0.5) is 0 Å². The molecule has 3 nitrogen and oxygen atoms in total. The van der Waals surface area contributed by atoms with Gasteiger partial charge in [-0.25, -0.2) is 0 Å². The quantitative estimate of drug-likeness (QED) is 0.606. The van der Waals surface area contributed by atoms with Gasteiger partial charge in [0.2, 0.25) is 5.91 Å². The third-order valence-electron chi connectivity index (χ3n) is 2.78. The molecule has 1 N–H and O–H groups in total. The van der Waals surface area contributed by atoms with E-state index in [9.17, 15) is 4.79 Å². The lowest BCUT2D eigenvalue weighted by atomic mass is 10.1. The smallest absolute Gasteiger partial charge is 0.236 e. The molecule has 1 aromatic rings. The molecule has 1 aromatic carbocycles. The maximum Gasteiger partial charge on any atom is 0.236 e. The maximum atomic E-state index is 11.7. The molecule has 0 saturated carbocycles. The molecule has 96 valence electrons. The lowest BCUT2D eigenvalue weighted by Crippen LogP contribution is -2.35. The number of carbonyl (C=O) groups excluding carboxylic acids is 1. The lowest BCUT2D eigenvalue weighted by molar-refractivity contribution is -0.129. The van der Waals surface area contributed by atoms with E-state index < -0.39 is 0 Å². The van der Waals surface area contributed by atoms with Gasteiger partial charge in [-0.1, -0.05) is 37.1 Å². The first-order chi connectivity index (χ1) is 8.67. The Hall–Kier alpha value is -1.79. The molecular formula is C15H20N2O. The van der Waals surface area contributed by atoms with Crippen molar-refractivity contribution in [3.8, 4) is 12.3 Å². The van der Waals surface area contributed by atoms with Crippen LogP contribution in [0.2, 0.25) is 0 Å². The molecule has 0 spiro atoms. The minimum atomic E-state index is 0.0461. The molecule has 0 bridgehead atoms. The number of aryl methyl sites for hydroxylation is 1. The fourth-order valence-electron chi connectivity index (χ4n) is 1.62. The van der Waals surface area contributed by atoms with Gasteiger partial charge < -0.3 is 4.90 Å². The van der Waals surface area contributed by atoms with E-state index in [4.69, 9.17) is 6.42 Å². The van der Waals surface area contributed by atoms with E-state index in [2.05, 4.69) is 42.4 Å². The fraction of sp³-hybridized carbons (Fsp3) is 0.400. The second-order valence-corrected chi connectivity index (χ2v) is 4.23. The van der Waals surface area contributed by atoms with Crippen molar-refractivity contribution < 1.29 is 4.79 Å². The van der Waals surface area contributed by atoms with Gasteiger partial charge in [0.25, 0.3) is 0 Å². The molecule has 0 saturated heterocycles. The number of benzene rings is 1. The molecule has 0 aromatic heterocycles. The van der Waals surface area contributed by atoms with Crippen LogP contribution in [0.3, 0.4) is 0 Å². The van der Waals surface area contributed by atoms with Crippen LogP contribution in [-0.4, -0.2) is 30.9 Å². The highest BCUT2D eigenvalue weighted by Crippen LogP contribution is 2.07. The summed E-state index contributed by atoms with van der Waals surface area (Å²) in [5.74, 6) is 2.49. The van der Waals surface area contributed by atoms with Gasteiger partial charge in [0, 0.05) is 13.6 Å². The molecule has 1 amide bonds. The van der Waals surface area contributed by atoms with Gasteiger partial charge in [0.05, 0.1) is 13.1 Å². The number of rotatable bonds is 6. The molecule has 1 rings (SSSR count). The number of amides is 1. The zero-order valence-electron chi connectivity index (χ0n) is 11.1. The summed E-state index contributed by atoms with van der Waals surface area (Å²) >= 11 is 0. The highest BCUT2D eigenvalue weighted by atomic mass is 16.2. The maximum absolute atomic E-state index is 11.7. The van der Waals surface area contributed by atoms with Gasteiger partial charge in [-0.05, 0) is 17.5 Å². The molecule has 0 fully saturated rings. The molecule has 0 aliphatic heterocycles. The lowest BCUT2D eigenvalue weighted by Gasteiger charge is -2.17. The second-order valence-electron chi connectivity index (χ2n) is 4.23. The topological polar surface area (TPSA) is 32.3 Å². The van der Waals surface area contributed by atoms with Gasteiger partial charge in [-0.3, -0.25) is 10.1 Å². The molecule has 0 unspecified atom stereocenters. The zero-order valence-corrected chi connectivity index (χ0v) is 11.1. The van der Waals surface area contributed by atoms with Crippen molar-refractivity contribution in [2.75, 3.05) is 20.1 Å². The Morgan fingerprint density at radius 3 is 2.50 bits per heavy atom. The monoisotopic (exact) mass is 244 g/mol. The Balaban J connectivity index is 2.45. The van der Waals surface area contributed by atoms with Crippen LogP contribution < -0.4 is 5.32 Å². The van der Waals surface area contributed by atoms with Crippen LogP contribution in [0.25, 0.3) is 0 Å². The molecule has 3 heteroatoms. The molecule has 0 aliphatic carbocycles. The van der Waals surface area contributed by atoms with Crippen LogP contribution >= 0.6 is 0 Å².